The molecule has 2 aliphatic heterocycles. The van der Waals surface area contributed by atoms with Gasteiger partial charge in [0.25, 0.3) is 0 Å². The number of morpholine rings is 1. The lowest BCUT2D eigenvalue weighted by Crippen LogP contribution is -2.49. The molecule has 2 heterocycles. The minimum absolute atomic E-state index is 0.269. The Balaban J connectivity index is 1.92. The van der Waals surface area contributed by atoms with E-state index in [4.69, 9.17) is 9.47 Å². The molecule has 0 N–H and O–H groups in total. The number of hydrogen-bond acceptors (Lipinski definition) is 4. The van der Waals surface area contributed by atoms with Gasteiger partial charge in [0.15, 0.2) is 0 Å². The van der Waals surface area contributed by atoms with E-state index in [0.717, 1.165) is 52.0 Å². The van der Waals surface area contributed by atoms with Gasteiger partial charge >= 0.3 is 0 Å². The van der Waals surface area contributed by atoms with Gasteiger partial charge in [-0.15, -0.1) is 0 Å². The Morgan fingerprint density at radius 2 is 2.38 bits per heavy atom. The fourth-order valence-electron chi connectivity index (χ4n) is 2.61. The Labute approximate surface area is 96.9 Å². The van der Waals surface area contributed by atoms with E-state index in [9.17, 15) is 4.79 Å². The average Bonchev–Trinajstić information content (AvgIpc) is 2.30. The first kappa shape index (κ1) is 12.0. The second-order valence-electron chi connectivity index (χ2n) is 5.05. The van der Waals surface area contributed by atoms with Crippen molar-refractivity contribution in [2.45, 2.75) is 25.9 Å². The van der Waals surface area contributed by atoms with Crippen LogP contribution in [0, 0.1) is 5.41 Å². The van der Waals surface area contributed by atoms with E-state index in [1.807, 2.05) is 0 Å². The zero-order valence-corrected chi connectivity index (χ0v) is 9.98. The van der Waals surface area contributed by atoms with Crippen LogP contribution in [-0.2, 0) is 14.3 Å². The number of hydrogen-bond donors (Lipinski definition) is 0. The van der Waals surface area contributed by atoms with Gasteiger partial charge in [0.2, 0.25) is 0 Å². The van der Waals surface area contributed by atoms with Gasteiger partial charge in [-0.3, -0.25) is 4.90 Å². The molecule has 0 radical (unpaired) electrons. The number of carbonyl (C=O) groups is 1. The highest BCUT2D eigenvalue weighted by molar-refractivity contribution is 5.60. The summed E-state index contributed by atoms with van der Waals surface area (Å²) in [5.41, 5.74) is -0.269. The van der Waals surface area contributed by atoms with Gasteiger partial charge in [0.1, 0.15) is 6.29 Å². The van der Waals surface area contributed by atoms with E-state index in [-0.39, 0.29) is 11.5 Å². The van der Waals surface area contributed by atoms with Gasteiger partial charge in [-0.05, 0) is 19.8 Å². The third-order valence-electron chi connectivity index (χ3n) is 3.47. The van der Waals surface area contributed by atoms with Crippen molar-refractivity contribution in [2.24, 2.45) is 5.41 Å². The van der Waals surface area contributed by atoms with E-state index in [1.165, 1.54) is 0 Å². The molecule has 0 aliphatic carbocycles. The molecule has 0 aromatic carbocycles. The van der Waals surface area contributed by atoms with Gasteiger partial charge in [-0.25, -0.2) is 0 Å². The maximum Gasteiger partial charge on any atom is 0.129 e. The Morgan fingerprint density at radius 1 is 1.50 bits per heavy atom. The summed E-state index contributed by atoms with van der Waals surface area (Å²) in [6.07, 6.45) is 3.34. The van der Waals surface area contributed by atoms with Crippen LogP contribution < -0.4 is 0 Å². The summed E-state index contributed by atoms with van der Waals surface area (Å²) >= 11 is 0. The van der Waals surface area contributed by atoms with E-state index >= 15 is 0 Å². The van der Waals surface area contributed by atoms with E-state index in [0.29, 0.717) is 6.61 Å². The molecule has 2 aliphatic rings. The number of carbonyl (C=O) groups excluding carboxylic acids is 1. The normalized spacial score (nSPS) is 37.2. The molecular formula is C12H21NO3. The smallest absolute Gasteiger partial charge is 0.129 e. The van der Waals surface area contributed by atoms with Gasteiger partial charge < -0.3 is 14.3 Å². The molecule has 0 saturated carbocycles. The topological polar surface area (TPSA) is 38.8 Å². The summed E-state index contributed by atoms with van der Waals surface area (Å²) in [7, 11) is 0. The van der Waals surface area contributed by atoms with Crippen LogP contribution in [0.2, 0.25) is 0 Å². The first-order chi connectivity index (χ1) is 7.74. The second-order valence-corrected chi connectivity index (χ2v) is 5.05. The quantitative estimate of drug-likeness (QED) is 0.665. The van der Waals surface area contributed by atoms with Gasteiger partial charge in [-0.2, -0.15) is 0 Å². The molecule has 0 aromatic rings. The Kier molecular flexibility index (Phi) is 3.95. The van der Waals surface area contributed by atoms with Crippen molar-refractivity contribution < 1.29 is 14.3 Å². The van der Waals surface area contributed by atoms with Crippen molar-refractivity contribution in [3.05, 3.63) is 0 Å². The van der Waals surface area contributed by atoms with Crippen LogP contribution in [0.15, 0.2) is 0 Å². The first-order valence-electron chi connectivity index (χ1n) is 6.12. The molecule has 2 fully saturated rings. The summed E-state index contributed by atoms with van der Waals surface area (Å²) in [5, 5.41) is 0. The fraction of sp³-hybridized carbons (Fsp3) is 0.917. The summed E-state index contributed by atoms with van der Waals surface area (Å²) in [6, 6.07) is 0. The molecular weight excluding hydrogens is 206 g/mol. The highest BCUT2D eigenvalue weighted by Crippen LogP contribution is 2.28. The summed E-state index contributed by atoms with van der Waals surface area (Å²) in [4.78, 5) is 13.6. The SMILES string of the molecule is CC1CN(CC2(C=O)CCCOC2)CCO1. The first-order valence-corrected chi connectivity index (χ1v) is 6.12. The van der Waals surface area contributed by atoms with Gasteiger partial charge in [0.05, 0.1) is 24.7 Å². The minimum Gasteiger partial charge on any atom is -0.380 e. The molecule has 2 atom stereocenters. The molecule has 2 rings (SSSR count). The Hall–Kier alpha value is -0.450. The number of rotatable bonds is 3. The van der Waals surface area contributed by atoms with Crippen LogP contribution in [0.25, 0.3) is 0 Å². The average molecular weight is 227 g/mol. The molecule has 0 aromatic heterocycles. The minimum atomic E-state index is -0.269. The van der Waals surface area contributed by atoms with E-state index in [1.54, 1.807) is 0 Å². The third-order valence-corrected chi connectivity index (χ3v) is 3.47. The standard InChI is InChI=1S/C12H21NO3/c1-11-7-13(4-6-16-11)8-12(9-14)3-2-5-15-10-12/h9,11H,2-8,10H2,1H3. The fourth-order valence-corrected chi connectivity index (χ4v) is 2.61. The van der Waals surface area contributed by atoms with Gasteiger partial charge in [0, 0.05) is 26.2 Å². The number of ether oxygens (including phenoxy) is 2. The summed E-state index contributed by atoms with van der Waals surface area (Å²) in [5.74, 6) is 0. The van der Waals surface area contributed by atoms with Crippen LogP contribution in [0.4, 0.5) is 0 Å². The molecule has 2 unspecified atom stereocenters. The molecule has 4 nitrogen and oxygen atoms in total. The van der Waals surface area contributed by atoms with Crippen LogP contribution in [0.3, 0.4) is 0 Å². The van der Waals surface area contributed by atoms with Crippen LogP contribution in [-0.4, -0.2) is 56.7 Å². The van der Waals surface area contributed by atoms with Crippen molar-refractivity contribution in [3.8, 4) is 0 Å². The number of nitrogens with zero attached hydrogens (tertiary/aromatic N) is 1. The zero-order valence-electron chi connectivity index (χ0n) is 9.98. The zero-order chi connectivity index (χ0) is 11.4. The Morgan fingerprint density at radius 3 is 3.00 bits per heavy atom. The van der Waals surface area contributed by atoms with Crippen molar-refractivity contribution in [3.63, 3.8) is 0 Å². The van der Waals surface area contributed by atoms with Crippen molar-refractivity contribution in [1.82, 2.24) is 4.90 Å². The lowest BCUT2D eigenvalue weighted by molar-refractivity contribution is -0.128. The second kappa shape index (κ2) is 5.25. The van der Waals surface area contributed by atoms with E-state index < -0.39 is 0 Å². The van der Waals surface area contributed by atoms with Crippen LogP contribution in [0.5, 0.6) is 0 Å². The summed E-state index contributed by atoms with van der Waals surface area (Å²) in [6.45, 7) is 6.92. The molecule has 0 bridgehead atoms. The van der Waals surface area contributed by atoms with Crippen molar-refractivity contribution in [2.75, 3.05) is 39.5 Å². The molecule has 2 saturated heterocycles. The lowest BCUT2D eigenvalue weighted by Gasteiger charge is -2.39. The predicted molar refractivity (Wildman–Crippen MR) is 60.4 cm³/mol. The van der Waals surface area contributed by atoms with Crippen LogP contribution >= 0.6 is 0 Å². The highest BCUT2D eigenvalue weighted by Gasteiger charge is 2.35. The molecule has 0 amide bonds. The highest BCUT2D eigenvalue weighted by atomic mass is 16.5. The summed E-state index contributed by atoms with van der Waals surface area (Å²) < 4.78 is 11.0. The van der Waals surface area contributed by atoms with Crippen LogP contribution in [0.1, 0.15) is 19.8 Å². The number of aldehydes is 1. The van der Waals surface area contributed by atoms with Crippen molar-refractivity contribution in [1.29, 1.82) is 0 Å². The monoisotopic (exact) mass is 227 g/mol. The maximum absolute atomic E-state index is 11.3. The van der Waals surface area contributed by atoms with E-state index in [2.05, 4.69) is 11.8 Å². The Bertz CT molecular complexity index is 238. The predicted octanol–water partition coefficient (Wildman–Crippen LogP) is 0.703. The molecule has 0 spiro atoms. The largest absolute Gasteiger partial charge is 0.380 e. The van der Waals surface area contributed by atoms with Gasteiger partial charge in [-0.1, -0.05) is 0 Å². The van der Waals surface area contributed by atoms with Crippen molar-refractivity contribution >= 4 is 6.29 Å². The molecule has 16 heavy (non-hydrogen) atoms. The molecule has 92 valence electrons. The lowest BCUT2D eigenvalue weighted by atomic mass is 9.83. The maximum atomic E-state index is 11.3. The third kappa shape index (κ3) is 2.81. The molecule has 4 heteroatoms.